The number of anilines is 1. The maximum atomic E-state index is 12.8. The second-order valence-corrected chi connectivity index (χ2v) is 8.90. The Bertz CT molecular complexity index is 869. The first-order valence-electron chi connectivity index (χ1n) is 10.2. The molecular weight excluding hydrogens is 456 g/mol. The predicted molar refractivity (Wildman–Crippen MR) is 123 cm³/mol. The lowest BCUT2D eigenvalue weighted by Gasteiger charge is -2.32. The van der Waals surface area contributed by atoms with Gasteiger partial charge in [-0.3, -0.25) is 14.5 Å². The van der Waals surface area contributed by atoms with Crippen molar-refractivity contribution in [3.8, 4) is 0 Å². The van der Waals surface area contributed by atoms with Gasteiger partial charge in [0.25, 0.3) is 0 Å². The molecule has 0 spiro atoms. The van der Waals surface area contributed by atoms with Gasteiger partial charge in [0.15, 0.2) is 0 Å². The lowest BCUT2D eigenvalue weighted by atomic mass is 10.1. The number of carbonyl (C=O) groups is 4. The Balaban J connectivity index is 2.22. The molecule has 2 heterocycles. The highest BCUT2D eigenvalue weighted by molar-refractivity contribution is 7.99. The zero-order valence-corrected chi connectivity index (χ0v) is 20.1. The van der Waals surface area contributed by atoms with Crippen molar-refractivity contribution in [2.24, 2.45) is 0 Å². The zero-order valence-electron chi connectivity index (χ0n) is 18.4. The SMILES string of the molecule is C=CCOC(=O)c1sc(NC(=O)CN2CCSCC2C(=O)OCC)c(C(=O)OCC)c1C. The number of hydrogen-bond acceptors (Lipinski definition) is 10. The number of carbonyl (C=O) groups excluding carboxylic acids is 4. The fourth-order valence-corrected chi connectivity index (χ4v) is 5.28. The van der Waals surface area contributed by atoms with Gasteiger partial charge in [-0.05, 0) is 26.3 Å². The molecule has 176 valence electrons. The molecule has 0 radical (unpaired) electrons. The third-order valence-electron chi connectivity index (χ3n) is 4.54. The largest absolute Gasteiger partial charge is 0.465 e. The molecule has 1 aliphatic rings. The van der Waals surface area contributed by atoms with E-state index in [0.29, 0.717) is 17.9 Å². The molecule has 2 rings (SSSR count). The molecule has 1 aromatic rings. The summed E-state index contributed by atoms with van der Waals surface area (Å²) in [6.07, 6.45) is 1.44. The second-order valence-electron chi connectivity index (χ2n) is 6.73. The van der Waals surface area contributed by atoms with Crippen molar-refractivity contribution in [2.75, 3.05) is 49.7 Å². The summed E-state index contributed by atoms with van der Waals surface area (Å²) in [5, 5.41) is 2.92. The molecule has 0 bridgehead atoms. The topological polar surface area (TPSA) is 111 Å². The molecule has 0 saturated carbocycles. The van der Waals surface area contributed by atoms with Crippen LogP contribution < -0.4 is 5.32 Å². The van der Waals surface area contributed by atoms with E-state index in [1.54, 1.807) is 37.4 Å². The molecule has 1 unspecified atom stereocenters. The van der Waals surface area contributed by atoms with Gasteiger partial charge in [-0.15, -0.1) is 11.3 Å². The second kappa shape index (κ2) is 12.6. The Morgan fingerprint density at radius 1 is 1.16 bits per heavy atom. The van der Waals surface area contributed by atoms with Crippen molar-refractivity contribution in [1.82, 2.24) is 4.90 Å². The maximum Gasteiger partial charge on any atom is 0.348 e. The first-order valence-corrected chi connectivity index (χ1v) is 12.2. The highest BCUT2D eigenvalue weighted by Gasteiger charge is 2.32. The molecule has 1 atom stereocenters. The van der Waals surface area contributed by atoms with Crippen molar-refractivity contribution in [1.29, 1.82) is 0 Å². The van der Waals surface area contributed by atoms with Crippen LogP contribution in [0.1, 0.15) is 39.4 Å². The molecule has 1 aliphatic heterocycles. The summed E-state index contributed by atoms with van der Waals surface area (Å²) in [4.78, 5) is 51.9. The average molecular weight is 485 g/mol. The molecule has 1 N–H and O–H groups in total. The Labute approximate surface area is 195 Å². The highest BCUT2D eigenvalue weighted by atomic mass is 32.2. The van der Waals surface area contributed by atoms with Crippen LogP contribution in [0, 0.1) is 6.92 Å². The number of esters is 3. The lowest BCUT2D eigenvalue weighted by molar-refractivity contribution is -0.148. The van der Waals surface area contributed by atoms with E-state index >= 15 is 0 Å². The first-order chi connectivity index (χ1) is 15.3. The number of nitrogens with one attached hydrogen (secondary N) is 1. The minimum Gasteiger partial charge on any atom is -0.465 e. The highest BCUT2D eigenvalue weighted by Crippen LogP contribution is 2.34. The van der Waals surface area contributed by atoms with Crippen molar-refractivity contribution in [3.05, 3.63) is 28.7 Å². The van der Waals surface area contributed by atoms with E-state index in [2.05, 4.69) is 11.9 Å². The van der Waals surface area contributed by atoms with Crippen LogP contribution in [-0.2, 0) is 23.8 Å². The summed E-state index contributed by atoms with van der Waals surface area (Å²) >= 11 is 2.58. The minimum atomic E-state index is -0.641. The number of amides is 1. The van der Waals surface area contributed by atoms with Gasteiger partial charge in [0, 0.05) is 18.1 Å². The summed E-state index contributed by atoms with van der Waals surface area (Å²) in [7, 11) is 0. The fraction of sp³-hybridized carbons (Fsp3) is 0.524. The van der Waals surface area contributed by atoms with E-state index in [1.807, 2.05) is 0 Å². The molecule has 32 heavy (non-hydrogen) atoms. The number of hydrogen-bond donors (Lipinski definition) is 1. The molecule has 1 saturated heterocycles. The van der Waals surface area contributed by atoms with Crippen LogP contribution in [-0.4, -0.2) is 79.2 Å². The molecule has 1 aromatic heterocycles. The zero-order chi connectivity index (χ0) is 23.7. The van der Waals surface area contributed by atoms with Crippen LogP contribution in [0.2, 0.25) is 0 Å². The van der Waals surface area contributed by atoms with Crippen LogP contribution >= 0.6 is 23.1 Å². The third kappa shape index (κ3) is 6.57. The van der Waals surface area contributed by atoms with E-state index in [9.17, 15) is 19.2 Å². The molecule has 0 aliphatic carbocycles. The molecule has 0 aromatic carbocycles. The van der Waals surface area contributed by atoms with Gasteiger partial charge < -0.3 is 19.5 Å². The van der Waals surface area contributed by atoms with Gasteiger partial charge >= 0.3 is 17.9 Å². The van der Waals surface area contributed by atoms with E-state index in [1.165, 1.54) is 6.08 Å². The van der Waals surface area contributed by atoms with Crippen molar-refractivity contribution in [2.45, 2.75) is 26.8 Å². The number of nitrogens with zero attached hydrogens (tertiary/aromatic N) is 1. The van der Waals surface area contributed by atoms with Crippen molar-refractivity contribution in [3.63, 3.8) is 0 Å². The molecule has 11 heteroatoms. The molecule has 1 amide bonds. The summed E-state index contributed by atoms with van der Waals surface area (Å²) in [5.41, 5.74) is 0.489. The van der Waals surface area contributed by atoms with E-state index in [4.69, 9.17) is 14.2 Å². The predicted octanol–water partition coefficient (Wildman–Crippen LogP) is 2.50. The number of thiophene rings is 1. The van der Waals surface area contributed by atoms with Crippen molar-refractivity contribution < 1.29 is 33.4 Å². The molecule has 1 fully saturated rings. The quantitative estimate of drug-likeness (QED) is 0.304. The van der Waals surface area contributed by atoms with E-state index in [0.717, 1.165) is 17.1 Å². The van der Waals surface area contributed by atoms with E-state index < -0.39 is 23.9 Å². The minimum absolute atomic E-state index is 0.0226. The Hall–Kier alpha value is -2.37. The van der Waals surface area contributed by atoms with Crippen LogP contribution in [0.5, 0.6) is 0 Å². The number of thioether (sulfide) groups is 1. The van der Waals surface area contributed by atoms with Crippen LogP contribution in [0.15, 0.2) is 12.7 Å². The standard InChI is InChI=1S/C21H28N2O7S2/c1-5-9-30-21(27)17-13(4)16(20(26)29-7-3)18(32-17)22-15(24)11-23-8-10-31-12-14(23)19(25)28-6-2/h5,14H,1,6-12H2,2-4H3,(H,22,24). The first kappa shape index (κ1) is 25.9. The number of ether oxygens (including phenoxy) is 3. The smallest absolute Gasteiger partial charge is 0.348 e. The lowest BCUT2D eigenvalue weighted by Crippen LogP contribution is -2.50. The van der Waals surface area contributed by atoms with Gasteiger partial charge in [0.05, 0.1) is 25.3 Å². The van der Waals surface area contributed by atoms with E-state index in [-0.39, 0.29) is 47.8 Å². The van der Waals surface area contributed by atoms with Gasteiger partial charge in [-0.25, -0.2) is 9.59 Å². The van der Waals surface area contributed by atoms with Crippen LogP contribution in [0.3, 0.4) is 0 Å². The normalized spacial score (nSPS) is 16.2. The van der Waals surface area contributed by atoms with Crippen LogP contribution in [0.25, 0.3) is 0 Å². The summed E-state index contributed by atoms with van der Waals surface area (Å²) < 4.78 is 15.3. The summed E-state index contributed by atoms with van der Waals surface area (Å²) in [6.45, 7) is 9.43. The third-order valence-corrected chi connectivity index (χ3v) is 6.75. The number of rotatable bonds is 10. The summed E-state index contributed by atoms with van der Waals surface area (Å²) in [6, 6.07) is -0.515. The Morgan fingerprint density at radius 2 is 1.88 bits per heavy atom. The molecular formula is C21H28N2O7S2. The van der Waals surface area contributed by atoms with Crippen molar-refractivity contribution >= 4 is 51.9 Å². The maximum absolute atomic E-state index is 12.8. The Morgan fingerprint density at radius 3 is 2.53 bits per heavy atom. The summed E-state index contributed by atoms with van der Waals surface area (Å²) in [5.74, 6) is -0.707. The van der Waals surface area contributed by atoms with Gasteiger partial charge in [0.1, 0.15) is 22.5 Å². The van der Waals surface area contributed by atoms with Gasteiger partial charge in [0.2, 0.25) is 5.91 Å². The van der Waals surface area contributed by atoms with Gasteiger partial charge in [-0.2, -0.15) is 11.8 Å². The van der Waals surface area contributed by atoms with Gasteiger partial charge in [-0.1, -0.05) is 12.7 Å². The average Bonchev–Trinajstić information content (AvgIpc) is 3.08. The van der Waals surface area contributed by atoms with Crippen LogP contribution in [0.4, 0.5) is 5.00 Å². The monoisotopic (exact) mass is 484 g/mol. The molecule has 9 nitrogen and oxygen atoms in total. The fourth-order valence-electron chi connectivity index (χ4n) is 3.08. The Kier molecular flexibility index (Phi) is 10.2.